The number of rotatable bonds is 2. The zero-order chi connectivity index (χ0) is 14.8. The molecule has 0 aromatic carbocycles. The SMILES string of the molecule is CCOC(=O)C1CC(C)C(C)N1C(=O)OC(C)(C)C. The molecule has 0 bridgehead atoms. The van der Waals surface area contributed by atoms with Gasteiger partial charge in [-0.2, -0.15) is 0 Å². The van der Waals surface area contributed by atoms with Gasteiger partial charge in [-0.25, -0.2) is 9.59 Å². The van der Waals surface area contributed by atoms with E-state index in [0.29, 0.717) is 13.0 Å². The summed E-state index contributed by atoms with van der Waals surface area (Å²) >= 11 is 0. The first-order valence-corrected chi connectivity index (χ1v) is 6.85. The molecule has 0 N–H and O–H groups in total. The van der Waals surface area contributed by atoms with Gasteiger partial charge in [-0.05, 0) is 47.0 Å². The monoisotopic (exact) mass is 271 g/mol. The molecule has 110 valence electrons. The standard InChI is InChI=1S/C14H25NO4/c1-7-18-12(16)11-8-9(2)10(3)15(11)13(17)19-14(4,5)6/h9-11H,7-8H2,1-6H3. The predicted molar refractivity (Wildman–Crippen MR) is 71.7 cm³/mol. The van der Waals surface area contributed by atoms with Crippen molar-refractivity contribution in [1.29, 1.82) is 0 Å². The van der Waals surface area contributed by atoms with Gasteiger partial charge in [-0.3, -0.25) is 4.90 Å². The Labute approximate surface area is 115 Å². The predicted octanol–water partition coefficient (Wildman–Crippen LogP) is 2.58. The maximum atomic E-state index is 12.2. The van der Waals surface area contributed by atoms with Crippen LogP contribution in [0.3, 0.4) is 0 Å². The Balaban J connectivity index is 2.86. The van der Waals surface area contributed by atoms with Gasteiger partial charge in [-0.1, -0.05) is 6.92 Å². The fraction of sp³-hybridized carbons (Fsp3) is 0.857. The van der Waals surface area contributed by atoms with E-state index in [1.807, 2.05) is 34.6 Å². The van der Waals surface area contributed by atoms with E-state index in [1.165, 1.54) is 4.90 Å². The normalized spacial score (nSPS) is 27.3. The van der Waals surface area contributed by atoms with Crippen molar-refractivity contribution in [1.82, 2.24) is 4.90 Å². The summed E-state index contributed by atoms with van der Waals surface area (Å²) in [6.45, 7) is 11.5. The third kappa shape index (κ3) is 3.85. The Hall–Kier alpha value is -1.26. The molecule has 1 rings (SSSR count). The average Bonchev–Trinajstić information content (AvgIpc) is 2.53. The maximum Gasteiger partial charge on any atom is 0.411 e. The molecule has 3 unspecified atom stereocenters. The van der Waals surface area contributed by atoms with Crippen LogP contribution in [0.25, 0.3) is 0 Å². The zero-order valence-corrected chi connectivity index (χ0v) is 12.7. The van der Waals surface area contributed by atoms with Crippen molar-refractivity contribution >= 4 is 12.1 Å². The molecule has 1 aliphatic heterocycles. The summed E-state index contributed by atoms with van der Waals surface area (Å²) in [6.07, 6.45) is 0.182. The molecule has 1 saturated heterocycles. The van der Waals surface area contributed by atoms with Gasteiger partial charge < -0.3 is 9.47 Å². The summed E-state index contributed by atoms with van der Waals surface area (Å²) in [6, 6.07) is -0.552. The van der Waals surface area contributed by atoms with E-state index in [4.69, 9.17) is 9.47 Å². The van der Waals surface area contributed by atoms with E-state index < -0.39 is 17.7 Å². The molecule has 0 aliphatic carbocycles. The van der Waals surface area contributed by atoms with E-state index in [9.17, 15) is 9.59 Å². The molecule has 5 heteroatoms. The fourth-order valence-electron chi connectivity index (χ4n) is 2.28. The van der Waals surface area contributed by atoms with Crippen LogP contribution in [-0.4, -0.2) is 41.3 Å². The van der Waals surface area contributed by atoms with Crippen LogP contribution in [0.15, 0.2) is 0 Å². The quantitative estimate of drug-likeness (QED) is 0.724. The van der Waals surface area contributed by atoms with Crippen LogP contribution in [0, 0.1) is 5.92 Å². The van der Waals surface area contributed by atoms with Crippen molar-refractivity contribution in [2.75, 3.05) is 6.61 Å². The van der Waals surface area contributed by atoms with Crippen LogP contribution in [0.5, 0.6) is 0 Å². The minimum absolute atomic E-state index is 0.0238. The van der Waals surface area contributed by atoms with Crippen molar-refractivity contribution in [3.05, 3.63) is 0 Å². The lowest BCUT2D eigenvalue weighted by molar-refractivity contribution is -0.148. The van der Waals surface area contributed by atoms with Crippen molar-refractivity contribution < 1.29 is 19.1 Å². The molecular formula is C14H25NO4. The molecule has 19 heavy (non-hydrogen) atoms. The van der Waals surface area contributed by atoms with E-state index in [-0.39, 0.29) is 17.9 Å². The van der Waals surface area contributed by atoms with Gasteiger partial charge in [0.1, 0.15) is 11.6 Å². The number of carbonyl (C=O) groups is 2. The Kier molecular flexibility index (Phi) is 4.82. The lowest BCUT2D eigenvalue weighted by atomic mass is 10.0. The maximum absolute atomic E-state index is 12.2. The number of hydrogen-bond acceptors (Lipinski definition) is 4. The number of likely N-dealkylation sites (tertiary alicyclic amines) is 1. The number of amides is 1. The van der Waals surface area contributed by atoms with Crippen molar-refractivity contribution in [3.63, 3.8) is 0 Å². The molecule has 1 aliphatic rings. The Morgan fingerprint density at radius 2 is 1.84 bits per heavy atom. The summed E-state index contributed by atoms with van der Waals surface area (Å²) < 4.78 is 10.4. The summed E-state index contributed by atoms with van der Waals surface area (Å²) in [7, 11) is 0. The third-order valence-corrected chi connectivity index (χ3v) is 3.36. The number of hydrogen-bond donors (Lipinski definition) is 0. The summed E-state index contributed by atoms with van der Waals surface area (Å²) in [5.41, 5.74) is -0.568. The Morgan fingerprint density at radius 3 is 2.32 bits per heavy atom. The van der Waals surface area contributed by atoms with Gasteiger partial charge in [0.15, 0.2) is 0 Å². The topological polar surface area (TPSA) is 55.8 Å². The van der Waals surface area contributed by atoms with Crippen LogP contribution >= 0.6 is 0 Å². The second kappa shape index (κ2) is 5.80. The van der Waals surface area contributed by atoms with Crippen LogP contribution in [-0.2, 0) is 14.3 Å². The van der Waals surface area contributed by atoms with Crippen LogP contribution < -0.4 is 0 Å². The fourth-order valence-corrected chi connectivity index (χ4v) is 2.28. The first-order valence-electron chi connectivity index (χ1n) is 6.85. The minimum Gasteiger partial charge on any atom is -0.464 e. The lowest BCUT2D eigenvalue weighted by Gasteiger charge is -2.30. The van der Waals surface area contributed by atoms with Crippen LogP contribution in [0.4, 0.5) is 4.79 Å². The second-order valence-corrected chi connectivity index (χ2v) is 6.11. The van der Waals surface area contributed by atoms with Gasteiger partial charge >= 0.3 is 12.1 Å². The average molecular weight is 271 g/mol. The van der Waals surface area contributed by atoms with Crippen molar-refractivity contribution in [2.24, 2.45) is 5.92 Å². The molecule has 1 amide bonds. The van der Waals surface area contributed by atoms with Crippen LogP contribution in [0.1, 0.15) is 48.0 Å². The third-order valence-electron chi connectivity index (χ3n) is 3.36. The zero-order valence-electron chi connectivity index (χ0n) is 12.7. The largest absolute Gasteiger partial charge is 0.464 e. The highest BCUT2D eigenvalue weighted by atomic mass is 16.6. The first-order chi connectivity index (χ1) is 8.67. The lowest BCUT2D eigenvalue weighted by Crippen LogP contribution is -2.47. The van der Waals surface area contributed by atoms with Gasteiger partial charge in [-0.15, -0.1) is 0 Å². The molecule has 1 fully saturated rings. The number of nitrogens with zero attached hydrogens (tertiary/aromatic N) is 1. The van der Waals surface area contributed by atoms with E-state index in [1.54, 1.807) is 6.92 Å². The molecule has 1 heterocycles. The smallest absolute Gasteiger partial charge is 0.411 e. The van der Waals surface area contributed by atoms with Crippen molar-refractivity contribution in [3.8, 4) is 0 Å². The number of esters is 1. The highest BCUT2D eigenvalue weighted by molar-refractivity contribution is 5.82. The number of ether oxygens (including phenoxy) is 2. The molecule has 0 radical (unpaired) electrons. The first kappa shape index (κ1) is 15.8. The molecule has 0 aromatic rings. The van der Waals surface area contributed by atoms with E-state index in [2.05, 4.69) is 0 Å². The number of carbonyl (C=O) groups excluding carboxylic acids is 2. The molecule has 0 aromatic heterocycles. The minimum atomic E-state index is -0.568. The van der Waals surface area contributed by atoms with E-state index >= 15 is 0 Å². The van der Waals surface area contributed by atoms with Gasteiger partial charge in [0.25, 0.3) is 0 Å². The Bertz CT molecular complexity index is 348. The van der Waals surface area contributed by atoms with Crippen molar-refractivity contribution in [2.45, 2.75) is 65.6 Å². The van der Waals surface area contributed by atoms with Gasteiger partial charge in [0.2, 0.25) is 0 Å². The summed E-state index contributed by atoms with van der Waals surface area (Å²) in [5.74, 6) is -0.0912. The molecule has 3 atom stereocenters. The Morgan fingerprint density at radius 1 is 1.26 bits per heavy atom. The van der Waals surface area contributed by atoms with E-state index in [0.717, 1.165) is 0 Å². The van der Waals surface area contributed by atoms with Crippen LogP contribution in [0.2, 0.25) is 0 Å². The van der Waals surface area contributed by atoms with Gasteiger partial charge in [0.05, 0.1) is 6.61 Å². The molecule has 0 spiro atoms. The second-order valence-electron chi connectivity index (χ2n) is 6.11. The molecular weight excluding hydrogens is 246 g/mol. The molecule has 0 saturated carbocycles. The highest BCUT2D eigenvalue weighted by Crippen LogP contribution is 2.31. The van der Waals surface area contributed by atoms with Gasteiger partial charge in [0, 0.05) is 6.04 Å². The molecule has 5 nitrogen and oxygen atoms in total. The highest BCUT2D eigenvalue weighted by Gasteiger charge is 2.45. The summed E-state index contributed by atoms with van der Waals surface area (Å²) in [4.78, 5) is 25.7. The summed E-state index contributed by atoms with van der Waals surface area (Å²) in [5, 5.41) is 0.